The van der Waals surface area contributed by atoms with Crippen LogP contribution in [0.5, 0.6) is 0 Å². The molecule has 0 amide bonds. The summed E-state index contributed by atoms with van der Waals surface area (Å²) < 4.78 is 5.37. The first kappa shape index (κ1) is 15.6. The van der Waals surface area contributed by atoms with Gasteiger partial charge in [0.25, 0.3) is 0 Å². The number of allylic oxidation sites excluding steroid dienone is 1. The summed E-state index contributed by atoms with van der Waals surface area (Å²) >= 11 is 0. The molecule has 1 aromatic carbocycles. The average molecular weight is 287 g/mol. The number of hydrogen-bond acceptors (Lipinski definition) is 3. The van der Waals surface area contributed by atoms with Crippen molar-refractivity contribution < 1.29 is 9.53 Å². The molecule has 0 aliphatic carbocycles. The van der Waals surface area contributed by atoms with E-state index < -0.39 is 5.60 Å². The topological polar surface area (TPSA) is 29.5 Å². The van der Waals surface area contributed by atoms with Gasteiger partial charge in [-0.1, -0.05) is 6.08 Å². The van der Waals surface area contributed by atoms with Crippen molar-refractivity contribution in [2.75, 3.05) is 18.0 Å². The predicted octanol–water partition coefficient (Wildman–Crippen LogP) is 4.04. The minimum absolute atomic E-state index is 0.264. The van der Waals surface area contributed by atoms with Gasteiger partial charge >= 0.3 is 5.97 Å². The van der Waals surface area contributed by atoms with Crippen molar-refractivity contribution in [1.29, 1.82) is 0 Å². The van der Waals surface area contributed by atoms with Gasteiger partial charge in [-0.3, -0.25) is 0 Å². The lowest BCUT2D eigenvalue weighted by Crippen LogP contribution is -2.33. The predicted molar refractivity (Wildman–Crippen MR) is 86.7 cm³/mol. The normalized spacial score (nSPS) is 16.6. The van der Waals surface area contributed by atoms with Crippen LogP contribution in [0, 0.1) is 5.92 Å². The second-order valence-corrected chi connectivity index (χ2v) is 6.61. The first-order valence-corrected chi connectivity index (χ1v) is 7.60. The first-order valence-electron chi connectivity index (χ1n) is 7.60. The quantitative estimate of drug-likeness (QED) is 0.620. The number of anilines is 1. The van der Waals surface area contributed by atoms with E-state index in [-0.39, 0.29) is 5.97 Å². The molecule has 2 rings (SSSR count). The number of hydrogen-bond donors (Lipinski definition) is 0. The maximum absolute atomic E-state index is 12.0. The molecule has 3 nitrogen and oxygen atoms in total. The van der Waals surface area contributed by atoms with E-state index in [4.69, 9.17) is 4.74 Å². The van der Waals surface area contributed by atoms with E-state index in [0.717, 1.165) is 25.9 Å². The Morgan fingerprint density at radius 1 is 1.24 bits per heavy atom. The van der Waals surface area contributed by atoms with Crippen LogP contribution in [-0.4, -0.2) is 24.7 Å². The summed E-state index contributed by atoms with van der Waals surface area (Å²) in [7, 11) is 0. The standard InChI is InChI=1S/C18H25NO2/c1-5-14-10-12-19(13-11-14)16-8-6-15(7-9-16)17(20)21-18(2,3)4/h5-9,14H,1,10-13H2,2-4H3. The van der Waals surface area contributed by atoms with E-state index in [1.54, 1.807) is 0 Å². The summed E-state index contributed by atoms with van der Waals surface area (Å²) in [6.45, 7) is 11.6. The largest absolute Gasteiger partial charge is 0.456 e. The highest BCUT2D eigenvalue weighted by molar-refractivity contribution is 5.90. The van der Waals surface area contributed by atoms with E-state index in [9.17, 15) is 4.79 Å². The number of ether oxygens (including phenoxy) is 1. The molecule has 0 bridgehead atoms. The Morgan fingerprint density at radius 3 is 2.29 bits per heavy atom. The molecule has 1 saturated heterocycles. The van der Waals surface area contributed by atoms with Crippen molar-refractivity contribution in [2.24, 2.45) is 5.92 Å². The van der Waals surface area contributed by atoms with Gasteiger partial charge in [0.1, 0.15) is 5.60 Å². The highest BCUT2D eigenvalue weighted by Crippen LogP contribution is 2.24. The molecule has 1 aliphatic rings. The number of carbonyl (C=O) groups excluding carboxylic acids is 1. The minimum Gasteiger partial charge on any atom is -0.456 e. The van der Waals surface area contributed by atoms with Crippen LogP contribution < -0.4 is 4.90 Å². The van der Waals surface area contributed by atoms with Crippen LogP contribution in [0.3, 0.4) is 0 Å². The zero-order valence-electron chi connectivity index (χ0n) is 13.3. The highest BCUT2D eigenvalue weighted by atomic mass is 16.6. The van der Waals surface area contributed by atoms with Crippen molar-refractivity contribution in [3.63, 3.8) is 0 Å². The van der Waals surface area contributed by atoms with Gasteiger partial charge in [-0.2, -0.15) is 0 Å². The van der Waals surface area contributed by atoms with Crippen LogP contribution >= 0.6 is 0 Å². The Kier molecular flexibility index (Phi) is 4.71. The van der Waals surface area contributed by atoms with Gasteiger partial charge in [0.2, 0.25) is 0 Å². The fraction of sp³-hybridized carbons (Fsp3) is 0.500. The number of piperidine rings is 1. The zero-order valence-corrected chi connectivity index (χ0v) is 13.3. The second kappa shape index (κ2) is 6.33. The second-order valence-electron chi connectivity index (χ2n) is 6.61. The number of rotatable bonds is 3. The third-order valence-electron chi connectivity index (χ3n) is 3.74. The zero-order chi connectivity index (χ0) is 15.5. The van der Waals surface area contributed by atoms with E-state index in [0.29, 0.717) is 11.5 Å². The number of benzene rings is 1. The molecule has 0 unspecified atom stereocenters. The first-order chi connectivity index (χ1) is 9.89. The van der Waals surface area contributed by atoms with Crippen molar-refractivity contribution >= 4 is 11.7 Å². The summed E-state index contributed by atoms with van der Waals surface area (Å²) in [6.07, 6.45) is 4.36. The van der Waals surface area contributed by atoms with Gasteiger partial charge < -0.3 is 9.64 Å². The number of nitrogens with zero attached hydrogens (tertiary/aromatic N) is 1. The van der Waals surface area contributed by atoms with Gasteiger partial charge in [0.15, 0.2) is 0 Å². The SMILES string of the molecule is C=CC1CCN(c2ccc(C(=O)OC(C)(C)C)cc2)CC1. The van der Waals surface area contributed by atoms with Crippen LogP contribution in [0.1, 0.15) is 44.0 Å². The van der Waals surface area contributed by atoms with E-state index >= 15 is 0 Å². The molecular formula is C18H25NO2. The number of esters is 1. The van der Waals surface area contributed by atoms with Crippen molar-refractivity contribution in [2.45, 2.75) is 39.2 Å². The molecule has 1 heterocycles. The van der Waals surface area contributed by atoms with Gasteiger partial charge in [-0.05, 0) is 63.8 Å². The third-order valence-corrected chi connectivity index (χ3v) is 3.74. The van der Waals surface area contributed by atoms with Crippen LogP contribution in [0.15, 0.2) is 36.9 Å². The van der Waals surface area contributed by atoms with Crippen LogP contribution in [0.25, 0.3) is 0 Å². The van der Waals surface area contributed by atoms with Gasteiger partial charge in [0.05, 0.1) is 5.56 Å². The lowest BCUT2D eigenvalue weighted by molar-refractivity contribution is 0.00696. The van der Waals surface area contributed by atoms with Crippen LogP contribution in [0.4, 0.5) is 5.69 Å². The van der Waals surface area contributed by atoms with Crippen molar-refractivity contribution in [1.82, 2.24) is 0 Å². The smallest absolute Gasteiger partial charge is 0.338 e. The van der Waals surface area contributed by atoms with Crippen LogP contribution in [-0.2, 0) is 4.74 Å². The summed E-state index contributed by atoms with van der Waals surface area (Å²) in [6, 6.07) is 7.72. The van der Waals surface area contributed by atoms with Gasteiger partial charge in [-0.15, -0.1) is 6.58 Å². The summed E-state index contributed by atoms with van der Waals surface area (Å²) in [5.41, 5.74) is 1.32. The fourth-order valence-electron chi connectivity index (χ4n) is 2.54. The molecule has 0 N–H and O–H groups in total. The molecule has 0 atom stereocenters. The molecular weight excluding hydrogens is 262 g/mol. The maximum atomic E-state index is 12.0. The third kappa shape index (κ3) is 4.35. The monoisotopic (exact) mass is 287 g/mol. The summed E-state index contributed by atoms with van der Waals surface area (Å²) in [5.74, 6) is 0.377. The fourth-order valence-corrected chi connectivity index (χ4v) is 2.54. The summed E-state index contributed by atoms with van der Waals surface area (Å²) in [4.78, 5) is 14.3. The minimum atomic E-state index is -0.456. The Labute approximate surface area is 127 Å². The van der Waals surface area contributed by atoms with Crippen LogP contribution in [0.2, 0.25) is 0 Å². The molecule has 1 aromatic rings. The Balaban J connectivity index is 1.99. The highest BCUT2D eigenvalue weighted by Gasteiger charge is 2.19. The van der Waals surface area contributed by atoms with Crippen molar-refractivity contribution in [3.05, 3.63) is 42.5 Å². The molecule has 21 heavy (non-hydrogen) atoms. The van der Waals surface area contributed by atoms with Gasteiger partial charge in [0, 0.05) is 18.8 Å². The molecule has 0 aromatic heterocycles. The lowest BCUT2D eigenvalue weighted by atomic mass is 9.97. The molecule has 0 spiro atoms. The molecule has 114 valence electrons. The molecule has 3 heteroatoms. The Bertz CT molecular complexity index is 491. The average Bonchev–Trinajstić information content (AvgIpc) is 2.46. The number of carbonyl (C=O) groups is 1. The Hall–Kier alpha value is -1.77. The maximum Gasteiger partial charge on any atom is 0.338 e. The van der Waals surface area contributed by atoms with Crippen molar-refractivity contribution in [3.8, 4) is 0 Å². The molecule has 0 saturated carbocycles. The van der Waals surface area contributed by atoms with E-state index in [1.165, 1.54) is 5.69 Å². The summed E-state index contributed by atoms with van der Waals surface area (Å²) in [5, 5.41) is 0. The molecule has 1 fully saturated rings. The van der Waals surface area contributed by atoms with E-state index in [1.807, 2.05) is 45.0 Å². The van der Waals surface area contributed by atoms with E-state index in [2.05, 4.69) is 17.6 Å². The van der Waals surface area contributed by atoms with Gasteiger partial charge in [-0.25, -0.2) is 4.79 Å². The lowest BCUT2D eigenvalue weighted by Gasteiger charge is -2.32. The molecule has 1 aliphatic heterocycles. The molecule has 0 radical (unpaired) electrons. The Morgan fingerprint density at radius 2 is 1.81 bits per heavy atom.